The van der Waals surface area contributed by atoms with Crippen molar-refractivity contribution < 1.29 is 14.1 Å². The van der Waals surface area contributed by atoms with Crippen LogP contribution in [0.15, 0.2) is 53.1 Å². The fourth-order valence-corrected chi connectivity index (χ4v) is 2.63. The molecule has 0 aliphatic rings. The lowest BCUT2D eigenvalue weighted by molar-refractivity contribution is 0.101. The molecule has 0 fully saturated rings. The number of nitrogens with zero attached hydrogens (tertiary/aromatic N) is 1. The molecule has 2 aromatic carbocycles. The summed E-state index contributed by atoms with van der Waals surface area (Å²) < 4.78 is 11.0. The van der Waals surface area contributed by atoms with Gasteiger partial charge in [-0.3, -0.25) is 4.79 Å². The van der Waals surface area contributed by atoms with E-state index < -0.39 is 0 Å². The van der Waals surface area contributed by atoms with E-state index in [1.165, 1.54) is 5.56 Å². The first-order valence-electron chi connectivity index (χ1n) is 8.61. The molecule has 5 nitrogen and oxygen atoms in total. The molecule has 0 spiro atoms. The van der Waals surface area contributed by atoms with E-state index in [2.05, 4.69) is 17.4 Å². The Morgan fingerprint density at radius 2 is 1.92 bits per heavy atom. The lowest BCUT2D eigenvalue weighted by Gasteiger charge is -2.08. The monoisotopic (exact) mass is 350 g/mol. The van der Waals surface area contributed by atoms with Crippen molar-refractivity contribution in [3.63, 3.8) is 0 Å². The van der Waals surface area contributed by atoms with Gasteiger partial charge in [-0.2, -0.15) is 0 Å². The van der Waals surface area contributed by atoms with E-state index in [0.717, 1.165) is 23.4 Å². The van der Waals surface area contributed by atoms with Crippen molar-refractivity contribution in [2.24, 2.45) is 0 Å². The Kier molecular flexibility index (Phi) is 5.37. The molecule has 3 rings (SSSR count). The average Bonchev–Trinajstić information content (AvgIpc) is 3.01. The highest BCUT2D eigenvalue weighted by Crippen LogP contribution is 2.20. The third kappa shape index (κ3) is 4.11. The summed E-state index contributed by atoms with van der Waals surface area (Å²) >= 11 is 0. The molecule has 0 aliphatic carbocycles. The molecule has 1 N–H and O–H groups in total. The zero-order valence-corrected chi connectivity index (χ0v) is 15.2. The van der Waals surface area contributed by atoms with Crippen molar-refractivity contribution in [2.75, 3.05) is 5.32 Å². The number of benzene rings is 2. The minimum absolute atomic E-state index is 0.220. The SMILES string of the molecule is CCc1ccc(OCc2c(C(=O)Nc3cccc(C)c3)noc2C)cc1. The molecule has 5 heteroatoms. The van der Waals surface area contributed by atoms with Crippen LogP contribution in [-0.4, -0.2) is 11.1 Å². The summed E-state index contributed by atoms with van der Waals surface area (Å²) in [4.78, 5) is 12.6. The molecule has 0 radical (unpaired) electrons. The molecule has 1 heterocycles. The molecule has 134 valence electrons. The van der Waals surface area contributed by atoms with Crippen molar-refractivity contribution >= 4 is 11.6 Å². The number of carbonyl (C=O) groups excluding carboxylic acids is 1. The molecule has 0 unspecified atom stereocenters. The average molecular weight is 350 g/mol. The van der Waals surface area contributed by atoms with Gasteiger partial charge in [-0.05, 0) is 55.7 Å². The zero-order chi connectivity index (χ0) is 18.5. The summed E-state index contributed by atoms with van der Waals surface area (Å²) in [5.74, 6) is 1.00. The normalized spacial score (nSPS) is 10.6. The van der Waals surface area contributed by atoms with Crippen LogP contribution in [-0.2, 0) is 13.0 Å². The summed E-state index contributed by atoms with van der Waals surface area (Å²) in [5, 5.41) is 6.76. The first kappa shape index (κ1) is 17.7. The molecule has 0 aliphatic heterocycles. The maximum atomic E-state index is 12.6. The van der Waals surface area contributed by atoms with Crippen LogP contribution < -0.4 is 10.1 Å². The van der Waals surface area contributed by atoms with Crippen LogP contribution in [0.5, 0.6) is 5.75 Å². The summed E-state index contributed by atoms with van der Waals surface area (Å²) in [6.45, 7) is 6.07. The van der Waals surface area contributed by atoms with Gasteiger partial charge in [-0.15, -0.1) is 0 Å². The molecular weight excluding hydrogens is 328 g/mol. The Labute approximate surface area is 153 Å². The molecule has 0 bridgehead atoms. The fraction of sp³-hybridized carbons (Fsp3) is 0.238. The van der Waals surface area contributed by atoms with Gasteiger partial charge in [0, 0.05) is 5.69 Å². The lowest BCUT2D eigenvalue weighted by atomic mass is 10.1. The second-order valence-corrected chi connectivity index (χ2v) is 6.18. The highest BCUT2D eigenvalue weighted by molar-refractivity contribution is 6.03. The topological polar surface area (TPSA) is 64.4 Å². The van der Waals surface area contributed by atoms with Crippen LogP contribution in [0.1, 0.15) is 39.9 Å². The van der Waals surface area contributed by atoms with E-state index in [0.29, 0.717) is 11.3 Å². The molecule has 0 atom stereocenters. The molecule has 26 heavy (non-hydrogen) atoms. The van der Waals surface area contributed by atoms with Crippen LogP contribution in [0.4, 0.5) is 5.69 Å². The molecule has 1 aromatic heterocycles. The number of hydrogen-bond acceptors (Lipinski definition) is 4. The Morgan fingerprint density at radius 1 is 1.15 bits per heavy atom. The van der Waals surface area contributed by atoms with Crippen molar-refractivity contribution in [1.82, 2.24) is 5.16 Å². The van der Waals surface area contributed by atoms with Gasteiger partial charge in [0.15, 0.2) is 5.69 Å². The summed E-state index contributed by atoms with van der Waals surface area (Å²) in [5.41, 5.74) is 3.93. The van der Waals surface area contributed by atoms with Crippen molar-refractivity contribution in [1.29, 1.82) is 0 Å². The van der Waals surface area contributed by atoms with E-state index in [-0.39, 0.29) is 18.2 Å². The summed E-state index contributed by atoms with van der Waals surface area (Å²) in [6.07, 6.45) is 0.980. The van der Waals surface area contributed by atoms with Gasteiger partial charge >= 0.3 is 0 Å². The number of hydrogen-bond donors (Lipinski definition) is 1. The molecule has 3 aromatic rings. The highest BCUT2D eigenvalue weighted by atomic mass is 16.5. The second-order valence-electron chi connectivity index (χ2n) is 6.18. The van der Waals surface area contributed by atoms with E-state index in [1.807, 2.05) is 55.5 Å². The van der Waals surface area contributed by atoms with E-state index in [4.69, 9.17) is 9.26 Å². The van der Waals surface area contributed by atoms with Gasteiger partial charge in [0.1, 0.15) is 18.1 Å². The number of amides is 1. The quantitative estimate of drug-likeness (QED) is 0.701. The first-order valence-corrected chi connectivity index (χ1v) is 8.61. The minimum atomic E-state index is -0.313. The van der Waals surface area contributed by atoms with Crippen molar-refractivity contribution in [3.8, 4) is 5.75 Å². The van der Waals surface area contributed by atoms with Crippen LogP contribution in [0.2, 0.25) is 0 Å². The molecular formula is C21H22N2O3. The number of nitrogens with one attached hydrogen (secondary N) is 1. The first-order chi connectivity index (χ1) is 12.6. The summed E-state index contributed by atoms with van der Waals surface area (Å²) in [6, 6.07) is 15.5. The number of rotatable bonds is 6. The predicted octanol–water partition coefficient (Wildman–Crippen LogP) is 4.69. The van der Waals surface area contributed by atoms with Gasteiger partial charge in [0.25, 0.3) is 5.91 Å². The van der Waals surface area contributed by atoms with Crippen LogP contribution in [0.3, 0.4) is 0 Å². The van der Waals surface area contributed by atoms with Gasteiger partial charge < -0.3 is 14.6 Å². The Hall–Kier alpha value is -3.08. The number of anilines is 1. The Bertz CT molecular complexity index is 898. The lowest BCUT2D eigenvalue weighted by Crippen LogP contribution is -2.15. The van der Waals surface area contributed by atoms with Gasteiger partial charge in [0.05, 0.1) is 5.56 Å². The van der Waals surface area contributed by atoms with E-state index in [9.17, 15) is 4.79 Å². The second kappa shape index (κ2) is 7.87. The molecule has 0 saturated heterocycles. The third-order valence-electron chi connectivity index (χ3n) is 4.19. The number of ether oxygens (including phenoxy) is 1. The van der Waals surface area contributed by atoms with E-state index in [1.54, 1.807) is 6.92 Å². The number of aromatic nitrogens is 1. The van der Waals surface area contributed by atoms with Crippen LogP contribution in [0.25, 0.3) is 0 Å². The number of carbonyl (C=O) groups is 1. The van der Waals surface area contributed by atoms with Gasteiger partial charge in [0.2, 0.25) is 0 Å². The van der Waals surface area contributed by atoms with Gasteiger partial charge in [-0.1, -0.05) is 36.3 Å². The fourth-order valence-electron chi connectivity index (χ4n) is 2.63. The Balaban J connectivity index is 1.72. The van der Waals surface area contributed by atoms with Crippen LogP contribution in [0, 0.1) is 13.8 Å². The van der Waals surface area contributed by atoms with Gasteiger partial charge in [-0.25, -0.2) is 0 Å². The minimum Gasteiger partial charge on any atom is -0.489 e. The maximum Gasteiger partial charge on any atom is 0.278 e. The largest absolute Gasteiger partial charge is 0.489 e. The smallest absolute Gasteiger partial charge is 0.278 e. The maximum absolute atomic E-state index is 12.6. The standard InChI is InChI=1S/C21H22N2O3/c1-4-16-8-10-18(11-9-16)25-13-19-15(3)26-23-20(19)21(24)22-17-7-5-6-14(2)12-17/h5-12H,4,13H2,1-3H3,(H,22,24). The summed E-state index contributed by atoms with van der Waals surface area (Å²) in [7, 11) is 0. The predicted molar refractivity (Wildman–Crippen MR) is 101 cm³/mol. The van der Waals surface area contributed by atoms with Crippen molar-refractivity contribution in [3.05, 3.63) is 76.7 Å². The zero-order valence-electron chi connectivity index (χ0n) is 15.2. The highest BCUT2D eigenvalue weighted by Gasteiger charge is 2.20. The Morgan fingerprint density at radius 3 is 2.62 bits per heavy atom. The number of aryl methyl sites for hydroxylation is 3. The third-order valence-corrected chi connectivity index (χ3v) is 4.19. The van der Waals surface area contributed by atoms with Crippen LogP contribution >= 0.6 is 0 Å². The van der Waals surface area contributed by atoms with Crippen molar-refractivity contribution in [2.45, 2.75) is 33.8 Å². The molecule has 0 saturated carbocycles. The molecule has 1 amide bonds. The van der Waals surface area contributed by atoms with E-state index >= 15 is 0 Å².